The number of hydrogen-bond acceptors (Lipinski definition) is 5. The molecule has 8 heteroatoms. The normalized spacial score (nSPS) is 20.6. The van der Waals surface area contributed by atoms with E-state index in [9.17, 15) is 14.4 Å². The monoisotopic (exact) mass is 485 g/mol. The second-order valence-corrected chi connectivity index (χ2v) is 10.3. The summed E-state index contributed by atoms with van der Waals surface area (Å²) in [5.74, 6) is 0.587. The number of aromatic nitrogens is 2. The highest BCUT2D eigenvalue weighted by atomic mass is 16.2. The largest absolute Gasteiger partial charge is 0.351 e. The van der Waals surface area contributed by atoms with Crippen molar-refractivity contribution in [2.24, 2.45) is 29.4 Å². The number of imidazole rings is 1. The van der Waals surface area contributed by atoms with E-state index in [1.54, 1.807) is 18.2 Å². The topological polar surface area (TPSA) is 102 Å². The molecule has 1 saturated carbocycles. The van der Waals surface area contributed by atoms with Crippen LogP contribution in [-0.2, 0) is 6.54 Å². The molecule has 8 nitrogen and oxygen atoms in total. The van der Waals surface area contributed by atoms with Crippen molar-refractivity contribution >= 4 is 22.8 Å². The SMILES string of the molecule is CCN(CC)CCNC(=O)c1ccc2c(c1)n(CCN)c(=O)n2C(=O)[C@@H]1CC(C)CC[C@H]1C(C)C. The molecule has 3 atom stereocenters. The molecule has 194 valence electrons. The van der Waals surface area contributed by atoms with E-state index in [-0.39, 0.29) is 42.4 Å². The van der Waals surface area contributed by atoms with E-state index < -0.39 is 0 Å². The summed E-state index contributed by atoms with van der Waals surface area (Å²) in [5.41, 5.74) is 7.04. The van der Waals surface area contributed by atoms with Crippen LogP contribution in [0.1, 0.15) is 69.0 Å². The number of nitrogens with one attached hydrogen (secondary N) is 1. The fourth-order valence-electron chi connectivity index (χ4n) is 5.58. The van der Waals surface area contributed by atoms with E-state index in [0.717, 1.165) is 38.9 Å². The first-order valence-electron chi connectivity index (χ1n) is 13.2. The third-order valence-corrected chi connectivity index (χ3v) is 7.71. The summed E-state index contributed by atoms with van der Waals surface area (Å²) >= 11 is 0. The molecule has 0 radical (unpaired) electrons. The van der Waals surface area contributed by atoms with Gasteiger partial charge in [0.1, 0.15) is 0 Å². The molecule has 3 rings (SSSR count). The Labute approximate surface area is 208 Å². The lowest BCUT2D eigenvalue weighted by Crippen LogP contribution is -2.40. The predicted octanol–water partition coefficient (Wildman–Crippen LogP) is 3.18. The standard InChI is InChI=1S/C27H43N5O3/c1-6-30(7-2)15-13-29-25(33)20-9-11-23-24(17-20)31(14-12-28)27(35)32(23)26(34)22-16-19(5)8-10-21(22)18(3)4/h9,11,17-19,21-22H,6-8,10,12-16,28H2,1-5H3,(H,29,33)/t19?,21-,22+/m0/s1. The number of likely N-dealkylation sites (N-methyl/N-ethyl adjacent to an activating group) is 1. The lowest BCUT2D eigenvalue weighted by molar-refractivity contribution is 0.0633. The molecule has 3 N–H and O–H groups in total. The van der Waals surface area contributed by atoms with E-state index in [1.807, 2.05) is 0 Å². The van der Waals surface area contributed by atoms with Crippen LogP contribution in [0.2, 0.25) is 0 Å². The van der Waals surface area contributed by atoms with E-state index in [2.05, 4.69) is 44.8 Å². The molecule has 1 fully saturated rings. The van der Waals surface area contributed by atoms with E-state index in [0.29, 0.717) is 35.0 Å². The van der Waals surface area contributed by atoms with Crippen LogP contribution in [0.4, 0.5) is 0 Å². The van der Waals surface area contributed by atoms with E-state index >= 15 is 0 Å². The quantitative estimate of drug-likeness (QED) is 0.538. The fourth-order valence-corrected chi connectivity index (χ4v) is 5.58. The van der Waals surface area contributed by atoms with Crippen molar-refractivity contribution in [3.8, 4) is 0 Å². The lowest BCUT2D eigenvalue weighted by atomic mass is 9.69. The van der Waals surface area contributed by atoms with Crippen molar-refractivity contribution in [3.63, 3.8) is 0 Å². The lowest BCUT2D eigenvalue weighted by Gasteiger charge is -2.36. The van der Waals surface area contributed by atoms with Gasteiger partial charge >= 0.3 is 5.69 Å². The molecule has 0 spiro atoms. The maximum atomic E-state index is 13.8. The zero-order valence-electron chi connectivity index (χ0n) is 22.0. The molecule has 2 aromatic rings. The summed E-state index contributed by atoms with van der Waals surface area (Å²) < 4.78 is 2.88. The van der Waals surface area contributed by atoms with Gasteiger partial charge in [0.2, 0.25) is 5.91 Å². The first-order chi connectivity index (χ1) is 16.7. The number of hydrogen-bond donors (Lipinski definition) is 2. The predicted molar refractivity (Wildman–Crippen MR) is 141 cm³/mol. The van der Waals surface area contributed by atoms with Crippen molar-refractivity contribution < 1.29 is 9.59 Å². The number of nitrogens with zero attached hydrogens (tertiary/aromatic N) is 3. The van der Waals surface area contributed by atoms with Crippen LogP contribution < -0.4 is 16.7 Å². The molecule has 1 aliphatic carbocycles. The van der Waals surface area contributed by atoms with Crippen molar-refractivity contribution in [2.75, 3.05) is 32.7 Å². The molecule has 1 unspecified atom stereocenters. The summed E-state index contributed by atoms with van der Waals surface area (Å²) in [5, 5.41) is 2.97. The third kappa shape index (κ3) is 5.86. The van der Waals surface area contributed by atoms with Gasteiger partial charge in [-0.25, -0.2) is 9.36 Å². The Morgan fingerprint density at radius 1 is 1.17 bits per heavy atom. The molecule has 1 aromatic heterocycles. The van der Waals surface area contributed by atoms with Crippen molar-refractivity contribution in [2.45, 2.75) is 60.4 Å². The zero-order valence-corrected chi connectivity index (χ0v) is 22.0. The van der Waals surface area contributed by atoms with Crippen LogP contribution >= 0.6 is 0 Å². The van der Waals surface area contributed by atoms with Crippen LogP contribution in [0.25, 0.3) is 11.0 Å². The summed E-state index contributed by atoms with van der Waals surface area (Å²) in [6.45, 7) is 14.4. The van der Waals surface area contributed by atoms with Crippen LogP contribution in [0.15, 0.2) is 23.0 Å². The molecule has 35 heavy (non-hydrogen) atoms. The van der Waals surface area contributed by atoms with Crippen molar-refractivity contribution in [1.82, 2.24) is 19.4 Å². The summed E-state index contributed by atoms with van der Waals surface area (Å²) in [6, 6.07) is 5.15. The smallest absolute Gasteiger partial charge is 0.336 e. The minimum absolute atomic E-state index is 0.127. The van der Waals surface area contributed by atoms with Crippen LogP contribution in [-0.4, -0.2) is 58.6 Å². The molecule has 0 bridgehead atoms. The number of amides is 1. The van der Waals surface area contributed by atoms with Gasteiger partial charge in [0.15, 0.2) is 0 Å². The molecule has 1 aromatic carbocycles. The Bertz CT molecular complexity index is 1080. The maximum absolute atomic E-state index is 13.8. The minimum atomic E-state index is -0.365. The second-order valence-electron chi connectivity index (χ2n) is 10.3. The van der Waals surface area contributed by atoms with Gasteiger partial charge in [0, 0.05) is 37.7 Å². The summed E-state index contributed by atoms with van der Waals surface area (Å²) in [6.07, 6.45) is 2.91. The third-order valence-electron chi connectivity index (χ3n) is 7.71. The molecular formula is C27H43N5O3. The number of carbonyl (C=O) groups is 2. The van der Waals surface area contributed by atoms with E-state index in [1.165, 1.54) is 9.13 Å². The van der Waals surface area contributed by atoms with Crippen LogP contribution in [0.3, 0.4) is 0 Å². The second kappa shape index (κ2) is 12.0. The number of carbonyl (C=O) groups excluding carboxylic acids is 2. The van der Waals surface area contributed by atoms with Crippen LogP contribution in [0.5, 0.6) is 0 Å². The number of benzene rings is 1. The first kappa shape index (κ1) is 27.1. The molecular weight excluding hydrogens is 442 g/mol. The van der Waals surface area contributed by atoms with Gasteiger partial charge in [0.25, 0.3) is 5.91 Å². The van der Waals surface area contributed by atoms with Crippen molar-refractivity contribution in [3.05, 3.63) is 34.2 Å². The van der Waals surface area contributed by atoms with Gasteiger partial charge in [-0.2, -0.15) is 0 Å². The number of nitrogens with two attached hydrogens (primary N) is 1. The highest BCUT2D eigenvalue weighted by Gasteiger charge is 2.37. The maximum Gasteiger partial charge on any atom is 0.336 e. The summed E-state index contributed by atoms with van der Waals surface area (Å²) in [4.78, 5) is 42.4. The van der Waals surface area contributed by atoms with Gasteiger partial charge in [-0.1, -0.05) is 41.0 Å². The van der Waals surface area contributed by atoms with E-state index in [4.69, 9.17) is 5.73 Å². The fraction of sp³-hybridized carbons (Fsp3) is 0.667. The average Bonchev–Trinajstić information content (AvgIpc) is 3.11. The number of rotatable bonds is 10. The van der Waals surface area contributed by atoms with Gasteiger partial charge < -0.3 is 16.0 Å². The molecule has 1 heterocycles. The summed E-state index contributed by atoms with van der Waals surface area (Å²) in [7, 11) is 0. The minimum Gasteiger partial charge on any atom is -0.351 e. The Balaban J connectivity index is 1.95. The molecule has 0 aliphatic heterocycles. The molecule has 0 saturated heterocycles. The highest BCUT2D eigenvalue weighted by Crippen LogP contribution is 2.39. The Morgan fingerprint density at radius 3 is 2.51 bits per heavy atom. The van der Waals surface area contributed by atoms with Gasteiger partial charge in [-0.15, -0.1) is 0 Å². The van der Waals surface area contributed by atoms with Gasteiger partial charge in [0.05, 0.1) is 11.0 Å². The Morgan fingerprint density at radius 2 is 1.89 bits per heavy atom. The molecule has 1 amide bonds. The van der Waals surface area contributed by atoms with Gasteiger partial charge in [-0.05, 0) is 61.9 Å². The first-order valence-corrected chi connectivity index (χ1v) is 13.2. The van der Waals surface area contributed by atoms with Crippen molar-refractivity contribution in [1.29, 1.82) is 0 Å². The Hall–Kier alpha value is -2.45. The zero-order chi connectivity index (χ0) is 25.7. The highest BCUT2D eigenvalue weighted by molar-refractivity contribution is 5.99. The Kier molecular flexibility index (Phi) is 9.30. The molecule has 1 aliphatic rings. The van der Waals surface area contributed by atoms with Crippen LogP contribution in [0, 0.1) is 23.7 Å². The number of fused-ring (bicyclic) bond motifs is 1. The van der Waals surface area contributed by atoms with Gasteiger partial charge in [-0.3, -0.25) is 14.2 Å². The average molecular weight is 486 g/mol.